The largest absolute Gasteiger partial charge is 0.268 e. The van der Waals surface area contributed by atoms with Gasteiger partial charge in [-0.2, -0.15) is 5.10 Å². The quantitative estimate of drug-likeness (QED) is 0.678. The predicted octanol–water partition coefficient (Wildman–Crippen LogP) is 3.40. The molecule has 0 N–H and O–H groups in total. The Morgan fingerprint density at radius 3 is 2.56 bits per heavy atom. The fourth-order valence-corrected chi connectivity index (χ4v) is 2.01. The lowest BCUT2D eigenvalue weighted by Gasteiger charge is -2.06. The summed E-state index contributed by atoms with van der Waals surface area (Å²) in [5.74, 6) is 0. The van der Waals surface area contributed by atoms with E-state index in [4.69, 9.17) is 0 Å². The maximum Gasteiger partial charge on any atom is 0.0659 e. The summed E-state index contributed by atoms with van der Waals surface area (Å²) in [5, 5.41) is 4.18. The van der Waals surface area contributed by atoms with E-state index in [0.717, 1.165) is 6.54 Å². The van der Waals surface area contributed by atoms with Crippen molar-refractivity contribution in [1.82, 2.24) is 9.78 Å². The summed E-state index contributed by atoms with van der Waals surface area (Å²) < 4.78 is 1.88. The fourth-order valence-electron chi connectivity index (χ4n) is 2.01. The van der Waals surface area contributed by atoms with Crippen LogP contribution in [0.3, 0.4) is 0 Å². The topological polar surface area (TPSA) is 17.8 Å². The molecule has 3 rings (SSSR count). The molecule has 0 atom stereocenters. The van der Waals surface area contributed by atoms with Gasteiger partial charge in [-0.15, -0.1) is 0 Å². The zero-order valence-corrected chi connectivity index (χ0v) is 9.95. The van der Waals surface area contributed by atoms with Crippen molar-refractivity contribution in [3.8, 4) is 11.1 Å². The summed E-state index contributed by atoms with van der Waals surface area (Å²) in [4.78, 5) is 0. The number of hydrogen-bond acceptors (Lipinski definition) is 1. The molecule has 2 heteroatoms. The van der Waals surface area contributed by atoms with Gasteiger partial charge in [0.15, 0.2) is 0 Å². The van der Waals surface area contributed by atoms with Crippen LogP contribution in [0, 0.1) is 6.07 Å². The summed E-state index contributed by atoms with van der Waals surface area (Å²) in [6, 6.07) is 21.9. The molecule has 0 fully saturated rings. The van der Waals surface area contributed by atoms with Gasteiger partial charge in [0.2, 0.25) is 0 Å². The monoisotopic (exact) mass is 233 g/mol. The molecule has 18 heavy (non-hydrogen) atoms. The van der Waals surface area contributed by atoms with Crippen LogP contribution in [0.1, 0.15) is 5.56 Å². The molecule has 0 saturated carbocycles. The van der Waals surface area contributed by atoms with Crippen molar-refractivity contribution in [2.75, 3.05) is 0 Å². The molecule has 87 valence electrons. The van der Waals surface area contributed by atoms with E-state index in [2.05, 4.69) is 59.7 Å². The van der Waals surface area contributed by atoms with Crippen LogP contribution < -0.4 is 0 Å². The maximum absolute atomic E-state index is 4.18. The van der Waals surface area contributed by atoms with E-state index in [1.165, 1.54) is 16.7 Å². The predicted molar refractivity (Wildman–Crippen MR) is 72.0 cm³/mol. The Labute approximate surface area is 107 Å². The van der Waals surface area contributed by atoms with Crippen LogP contribution in [0.2, 0.25) is 0 Å². The first kappa shape index (κ1) is 10.8. The first-order chi connectivity index (χ1) is 8.92. The molecule has 0 aliphatic carbocycles. The third-order valence-corrected chi connectivity index (χ3v) is 2.88. The minimum absolute atomic E-state index is 0.782. The van der Waals surface area contributed by atoms with Crippen molar-refractivity contribution < 1.29 is 0 Å². The van der Waals surface area contributed by atoms with E-state index in [0.29, 0.717) is 0 Å². The Kier molecular flexibility index (Phi) is 2.92. The van der Waals surface area contributed by atoms with E-state index >= 15 is 0 Å². The molecule has 0 bridgehead atoms. The van der Waals surface area contributed by atoms with Gasteiger partial charge in [-0.1, -0.05) is 48.5 Å². The second-order valence-electron chi connectivity index (χ2n) is 4.20. The first-order valence-electron chi connectivity index (χ1n) is 5.95. The molecule has 0 aliphatic heterocycles. The first-order valence-corrected chi connectivity index (χ1v) is 5.95. The standard InChI is InChI=1S/C16H13N2/c1-2-7-15(8-3-1)16-9-4-6-14(12-16)13-18-11-5-10-17-18/h1-4,6-12H,13H2. The number of rotatable bonds is 3. The van der Waals surface area contributed by atoms with Crippen LogP contribution in [0.4, 0.5) is 0 Å². The number of hydrogen-bond donors (Lipinski definition) is 0. The van der Waals surface area contributed by atoms with Crippen molar-refractivity contribution in [1.29, 1.82) is 0 Å². The molecule has 2 nitrogen and oxygen atoms in total. The van der Waals surface area contributed by atoms with Gasteiger partial charge in [0.25, 0.3) is 0 Å². The van der Waals surface area contributed by atoms with Gasteiger partial charge in [-0.3, -0.25) is 4.68 Å². The highest BCUT2D eigenvalue weighted by Gasteiger charge is 1.99. The van der Waals surface area contributed by atoms with Crippen LogP contribution >= 0.6 is 0 Å². The lowest BCUT2D eigenvalue weighted by atomic mass is 10.0. The van der Waals surface area contributed by atoms with Gasteiger partial charge in [0.1, 0.15) is 0 Å². The molecule has 0 saturated heterocycles. The fraction of sp³-hybridized carbons (Fsp3) is 0.0625. The average Bonchev–Trinajstić information content (AvgIpc) is 2.93. The molecular formula is C16H13N2. The van der Waals surface area contributed by atoms with Crippen molar-refractivity contribution in [3.63, 3.8) is 0 Å². The highest BCUT2D eigenvalue weighted by Crippen LogP contribution is 2.20. The molecule has 0 unspecified atom stereocenters. The Hall–Kier alpha value is -2.35. The molecule has 3 aromatic rings. The molecule has 0 amide bonds. The van der Waals surface area contributed by atoms with Gasteiger partial charge in [-0.05, 0) is 22.8 Å². The average molecular weight is 233 g/mol. The van der Waals surface area contributed by atoms with Crippen LogP contribution in [-0.4, -0.2) is 9.78 Å². The summed E-state index contributed by atoms with van der Waals surface area (Å²) in [6.07, 6.45) is 3.54. The molecular weight excluding hydrogens is 220 g/mol. The van der Waals surface area contributed by atoms with Crippen molar-refractivity contribution in [3.05, 3.63) is 78.6 Å². The third kappa shape index (κ3) is 2.33. The van der Waals surface area contributed by atoms with E-state index in [1.807, 2.05) is 16.9 Å². The van der Waals surface area contributed by atoms with Crippen LogP contribution in [0.5, 0.6) is 0 Å². The van der Waals surface area contributed by atoms with Crippen LogP contribution in [-0.2, 0) is 6.54 Å². The Morgan fingerprint density at radius 2 is 1.78 bits per heavy atom. The zero-order chi connectivity index (χ0) is 12.2. The van der Waals surface area contributed by atoms with Crippen molar-refractivity contribution in [2.45, 2.75) is 6.54 Å². The zero-order valence-electron chi connectivity index (χ0n) is 9.95. The summed E-state index contributed by atoms with van der Waals surface area (Å²) in [5.41, 5.74) is 3.73. The highest BCUT2D eigenvalue weighted by molar-refractivity contribution is 5.63. The van der Waals surface area contributed by atoms with E-state index in [1.54, 1.807) is 6.20 Å². The normalized spacial score (nSPS) is 10.4. The van der Waals surface area contributed by atoms with Gasteiger partial charge in [0, 0.05) is 12.3 Å². The Balaban J connectivity index is 1.90. The molecule has 1 aromatic heterocycles. The minimum atomic E-state index is 0.782. The van der Waals surface area contributed by atoms with Crippen molar-refractivity contribution >= 4 is 0 Å². The van der Waals surface area contributed by atoms with Gasteiger partial charge >= 0.3 is 0 Å². The Morgan fingerprint density at radius 1 is 0.944 bits per heavy atom. The Bertz CT molecular complexity index is 613. The molecule has 0 spiro atoms. The SMILES string of the molecule is [c]1cnn(Cc2cccc(-c3ccccc3)c2)c1. The van der Waals surface area contributed by atoms with Gasteiger partial charge < -0.3 is 0 Å². The smallest absolute Gasteiger partial charge is 0.0659 e. The number of aromatic nitrogens is 2. The van der Waals surface area contributed by atoms with Crippen LogP contribution in [0.15, 0.2) is 67.0 Å². The third-order valence-electron chi connectivity index (χ3n) is 2.88. The number of benzene rings is 2. The van der Waals surface area contributed by atoms with Gasteiger partial charge in [0.05, 0.1) is 12.7 Å². The summed E-state index contributed by atoms with van der Waals surface area (Å²) in [6.45, 7) is 0.782. The van der Waals surface area contributed by atoms with Crippen molar-refractivity contribution in [2.24, 2.45) is 0 Å². The maximum atomic E-state index is 4.18. The second-order valence-corrected chi connectivity index (χ2v) is 4.20. The molecule has 0 aliphatic rings. The van der Waals surface area contributed by atoms with E-state index < -0.39 is 0 Å². The molecule has 1 heterocycles. The lowest BCUT2D eigenvalue weighted by molar-refractivity contribution is 0.687. The van der Waals surface area contributed by atoms with E-state index in [9.17, 15) is 0 Å². The lowest BCUT2D eigenvalue weighted by Crippen LogP contribution is -1.99. The van der Waals surface area contributed by atoms with Crippen LogP contribution in [0.25, 0.3) is 11.1 Å². The second kappa shape index (κ2) is 4.88. The van der Waals surface area contributed by atoms with Gasteiger partial charge in [-0.25, -0.2) is 0 Å². The minimum Gasteiger partial charge on any atom is -0.268 e. The van der Waals surface area contributed by atoms with E-state index in [-0.39, 0.29) is 0 Å². The highest BCUT2D eigenvalue weighted by atomic mass is 15.3. The summed E-state index contributed by atoms with van der Waals surface area (Å²) >= 11 is 0. The number of nitrogens with zero attached hydrogens (tertiary/aromatic N) is 2. The molecule has 1 radical (unpaired) electrons. The molecule has 2 aromatic carbocycles. The summed E-state index contributed by atoms with van der Waals surface area (Å²) in [7, 11) is 0.